The average molecular weight is 232 g/mol. The largest absolute Gasteiger partial charge is 0.520 e. The van der Waals surface area contributed by atoms with Crippen molar-refractivity contribution in [1.29, 1.82) is 0 Å². The van der Waals surface area contributed by atoms with Gasteiger partial charge in [-0.3, -0.25) is 0 Å². The summed E-state index contributed by atoms with van der Waals surface area (Å²) in [5.74, 6) is 3.07. The Hall–Kier alpha value is -1.50. The van der Waals surface area contributed by atoms with E-state index in [0.29, 0.717) is 5.76 Å². The van der Waals surface area contributed by atoms with E-state index >= 15 is 0 Å². The van der Waals surface area contributed by atoms with E-state index in [1.165, 1.54) is 0 Å². The molecular formula is C13H16O2Si. The van der Waals surface area contributed by atoms with Crippen molar-refractivity contribution in [3.05, 3.63) is 42.5 Å². The Kier molecular flexibility index (Phi) is 4.35. The first-order chi connectivity index (χ1) is 7.55. The third-order valence-electron chi connectivity index (χ3n) is 1.97. The maximum absolute atomic E-state index is 5.75. The summed E-state index contributed by atoms with van der Waals surface area (Å²) >= 11 is 0. The molecule has 0 saturated carbocycles. The van der Waals surface area contributed by atoms with E-state index in [2.05, 4.69) is 12.5 Å². The molecule has 0 spiro atoms. The smallest absolute Gasteiger partial charge is 0.393 e. The summed E-state index contributed by atoms with van der Waals surface area (Å²) in [6.45, 7) is 8.06. The molecule has 0 aliphatic carbocycles. The molecule has 0 heterocycles. The van der Waals surface area contributed by atoms with Crippen LogP contribution in [0.2, 0.25) is 13.1 Å². The van der Waals surface area contributed by atoms with E-state index in [4.69, 9.17) is 15.3 Å². The summed E-state index contributed by atoms with van der Waals surface area (Å²) in [5, 5.41) is 0. The summed E-state index contributed by atoms with van der Waals surface area (Å²) in [4.78, 5) is 0. The van der Waals surface area contributed by atoms with E-state index in [0.717, 1.165) is 5.56 Å². The molecule has 0 N–H and O–H groups in total. The highest BCUT2D eigenvalue weighted by Gasteiger charge is 2.27. The van der Waals surface area contributed by atoms with Gasteiger partial charge in [0, 0.05) is 5.56 Å². The van der Waals surface area contributed by atoms with Gasteiger partial charge in [0.2, 0.25) is 0 Å². The number of terminal acetylenes is 1. The molecule has 0 saturated heterocycles. The van der Waals surface area contributed by atoms with Crippen LogP contribution < -0.4 is 0 Å². The van der Waals surface area contributed by atoms with Gasteiger partial charge >= 0.3 is 8.56 Å². The highest BCUT2D eigenvalue weighted by Crippen LogP contribution is 2.19. The van der Waals surface area contributed by atoms with Gasteiger partial charge < -0.3 is 8.85 Å². The Morgan fingerprint density at radius 2 is 2.00 bits per heavy atom. The lowest BCUT2D eigenvalue weighted by Crippen LogP contribution is -2.34. The Labute approximate surface area is 98.2 Å². The minimum atomic E-state index is -2.21. The van der Waals surface area contributed by atoms with Crippen molar-refractivity contribution in [2.24, 2.45) is 0 Å². The van der Waals surface area contributed by atoms with Crippen LogP contribution in [0.3, 0.4) is 0 Å². The van der Waals surface area contributed by atoms with Gasteiger partial charge in [-0.05, 0) is 13.1 Å². The van der Waals surface area contributed by atoms with Crippen LogP contribution in [0.4, 0.5) is 0 Å². The third kappa shape index (κ3) is 3.93. The normalized spacial score (nSPS) is 10.6. The fourth-order valence-electron chi connectivity index (χ4n) is 1.22. The average Bonchev–Trinajstić information content (AvgIpc) is 2.27. The Balaban J connectivity index is 2.61. The zero-order chi connectivity index (χ0) is 12.0. The van der Waals surface area contributed by atoms with Crippen LogP contribution in [0.25, 0.3) is 5.76 Å². The summed E-state index contributed by atoms with van der Waals surface area (Å²) < 4.78 is 11.2. The van der Waals surface area contributed by atoms with Crippen molar-refractivity contribution in [2.45, 2.75) is 13.1 Å². The van der Waals surface area contributed by atoms with E-state index < -0.39 is 8.56 Å². The Bertz CT molecular complexity index is 390. The molecule has 0 aliphatic heterocycles. The number of hydrogen-bond acceptors (Lipinski definition) is 2. The second-order valence-corrected chi connectivity index (χ2v) is 7.08. The van der Waals surface area contributed by atoms with Gasteiger partial charge in [0.1, 0.15) is 5.76 Å². The van der Waals surface area contributed by atoms with Gasteiger partial charge in [-0.25, -0.2) is 0 Å². The van der Waals surface area contributed by atoms with Crippen molar-refractivity contribution in [1.82, 2.24) is 0 Å². The lowest BCUT2D eigenvalue weighted by molar-refractivity contribution is 0.271. The monoisotopic (exact) mass is 232 g/mol. The summed E-state index contributed by atoms with van der Waals surface area (Å²) in [5.41, 5.74) is 0.965. The molecule has 0 amide bonds. The fourth-order valence-corrected chi connectivity index (χ4v) is 2.43. The van der Waals surface area contributed by atoms with E-state index in [1.807, 2.05) is 43.4 Å². The van der Waals surface area contributed by atoms with Crippen molar-refractivity contribution in [3.8, 4) is 12.3 Å². The van der Waals surface area contributed by atoms with Crippen LogP contribution >= 0.6 is 0 Å². The molecule has 1 aromatic rings. The predicted octanol–water partition coefficient (Wildman–Crippen LogP) is 3.03. The maximum atomic E-state index is 5.75. The molecule has 0 bridgehead atoms. The van der Waals surface area contributed by atoms with Gasteiger partial charge in [0.05, 0.1) is 6.61 Å². The zero-order valence-corrected chi connectivity index (χ0v) is 10.7. The predicted molar refractivity (Wildman–Crippen MR) is 68.8 cm³/mol. The van der Waals surface area contributed by atoms with Crippen LogP contribution in [-0.4, -0.2) is 15.2 Å². The van der Waals surface area contributed by atoms with Gasteiger partial charge in [0.25, 0.3) is 0 Å². The molecule has 0 radical (unpaired) electrons. The molecule has 0 aromatic heterocycles. The van der Waals surface area contributed by atoms with Crippen molar-refractivity contribution in [2.75, 3.05) is 6.61 Å². The van der Waals surface area contributed by atoms with Crippen LogP contribution in [0.15, 0.2) is 36.9 Å². The van der Waals surface area contributed by atoms with Crippen molar-refractivity contribution >= 4 is 14.3 Å². The van der Waals surface area contributed by atoms with Crippen LogP contribution in [0.1, 0.15) is 5.56 Å². The molecular weight excluding hydrogens is 216 g/mol. The van der Waals surface area contributed by atoms with Crippen molar-refractivity contribution < 1.29 is 8.85 Å². The minimum Gasteiger partial charge on any atom is -0.520 e. The summed E-state index contributed by atoms with van der Waals surface area (Å²) in [7, 11) is -2.21. The van der Waals surface area contributed by atoms with Crippen LogP contribution in [0.5, 0.6) is 0 Å². The first kappa shape index (κ1) is 12.6. The standard InChI is InChI=1S/C13H16O2Si/c1-5-11-14-16(3,4)15-12(2)13-9-7-6-8-10-13/h1,6-10H,2,11H2,3-4H3. The molecule has 0 aliphatic rings. The lowest BCUT2D eigenvalue weighted by Gasteiger charge is -2.24. The molecule has 0 unspecified atom stereocenters. The fraction of sp³-hybridized carbons (Fsp3) is 0.231. The highest BCUT2D eigenvalue weighted by molar-refractivity contribution is 6.65. The molecule has 16 heavy (non-hydrogen) atoms. The molecule has 3 heteroatoms. The molecule has 1 rings (SSSR count). The molecule has 84 valence electrons. The van der Waals surface area contributed by atoms with Crippen LogP contribution in [0, 0.1) is 12.3 Å². The Morgan fingerprint density at radius 1 is 1.38 bits per heavy atom. The summed E-state index contributed by atoms with van der Waals surface area (Å²) in [6.07, 6.45) is 5.15. The Morgan fingerprint density at radius 3 is 2.56 bits per heavy atom. The van der Waals surface area contributed by atoms with Crippen molar-refractivity contribution in [3.63, 3.8) is 0 Å². The van der Waals surface area contributed by atoms with Gasteiger partial charge in [-0.1, -0.05) is 42.8 Å². The zero-order valence-electron chi connectivity index (χ0n) is 9.69. The summed E-state index contributed by atoms with van der Waals surface area (Å²) in [6, 6.07) is 9.75. The number of hydrogen-bond donors (Lipinski definition) is 0. The number of rotatable bonds is 5. The molecule has 2 nitrogen and oxygen atoms in total. The van der Waals surface area contributed by atoms with Crippen LogP contribution in [-0.2, 0) is 8.85 Å². The van der Waals surface area contributed by atoms with Gasteiger partial charge in [0.15, 0.2) is 0 Å². The second kappa shape index (κ2) is 5.55. The molecule has 0 atom stereocenters. The quantitative estimate of drug-likeness (QED) is 0.441. The highest BCUT2D eigenvalue weighted by atomic mass is 28.4. The SMILES string of the molecule is C#CCO[Si](C)(C)OC(=C)c1ccccc1. The minimum absolute atomic E-state index is 0.279. The lowest BCUT2D eigenvalue weighted by atomic mass is 10.2. The maximum Gasteiger partial charge on any atom is 0.393 e. The molecule has 1 aromatic carbocycles. The first-order valence-electron chi connectivity index (χ1n) is 5.06. The second-order valence-electron chi connectivity index (χ2n) is 3.78. The molecule has 0 fully saturated rings. The van der Waals surface area contributed by atoms with E-state index in [-0.39, 0.29) is 6.61 Å². The van der Waals surface area contributed by atoms with Gasteiger partial charge in [-0.15, -0.1) is 6.42 Å². The van der Waals surface area contributed by atoms with E-state index in [9.17, 15) is 0 Å². The topological polar surface area (TPSA) is 18.5 Å². The van der Waals surface area contributed by atoms with Gasteiger partial charge in [-0.2, -0.15) is 0 Å². The third-order valence-corrected chi connectivity index (χ3v) is 3.55. The number of benzene rings is 1. The van der Waals surface area contributed by atoms with E-state index in [1.54, 1.807) is 0 Å². The first-order valence-corrected chi connectivity index (χ1v) is 7.87.